The minimum absolute atomic E-state index is 0.132. The van der Waals surface area contributed by atoms with Crippen LogP contribution in [0.5, 0.6) is 0 Å². The molecule has 1 saturated carbocycles. The van der Waals surface area contributed by atoms with Crippen LogP contribution < -0.4 is 4.90 Å². The number of hydrogen-bond donors (Lipinski definition) is 0. The first-order valence-corrected chi connectivity index (χ1v) is 10.3. The number of carbonyl (C=O) groups excluding carboxylic acids is 1. The van der Waals surface area contributed by atoms with Crippen LogP contribution in [0.25, 0.3) is 0 Å². The van der Waals surface area contributed by atoms with Gasteiger partial charge in [0.05, 0.1) is 4.90 Å². The van der Waals surface area contributed by atoms with Crippen LogP contribution >= 0.6 is 15.9 Å². The minimum Gasteiger partial charge on any atom is -0.312 e. The molecule has 0 saturated heterocycles. The van der Waals surface area contributed by atoms with Gasteiger partial charge in [-0.25, -0.2) is 8.42 Å². The molecule has 23 heavy (non-hydrogen) atoms. The molecule has 1 aromatic rings. The summed E-state index contributed by atoms with van der Waals surface area (Å²) in [5.41, 5.74) is 1.79. The smallest absolute Gasteiger partial charge is 0.244 e. The lowest BCUT2D eigenvalue weighted by Crippen LogP contribution is -2.32. The van der Waals surface area contributed by atoms with Crippen LogP contribution in [0.2, 0.25) is 0 Å². The van der Waals surface area contributed by atoms with Gasteiger partial charge in [0.1, 0.15) is 0 Å². The van der Waals surface area contributed by atoms with Crippen molar-refractivity contribution in [1.29, 1.82) is 0 Å². The first-order valence-electron chi connectivity index (χ1n) is 8.04. The molecule has 0 bridgehead atoms. The Morgan fingerprint density at radius 2 is 1.96 bits per heavy atom. The fourth-order valence-corrected chi connectivity index (χ4v) is 5.60. The lowest BCUT2D eigenvalue weighted by molar-refractivity contribution is -0.119. The van der Waals surface area contributed by atoms with E-state index in [-0.39, 0.29) is 16.7 Å². The number of sulfonamides is 1. The number of benzene rings is 1. The second kappa shape index (κ2) is 6.18. The van der Waals surface area contributed by atoms with Gasteiger partial charge in [-0.2, -0.15) is 4.31 Å². The first-order chi connectivity index (χ1) is 10.9. The maximum absolute atomic E-state index is 12.8. The molecule has 2 aliphatic rings. The quantitative estimate of drug-likeness (QED) is 0.763. The van der Waals surface area contributed by atoms with Gasteiger partial charge in [0.15, 0.2) is 0 Å². The van der Waals surface area contributed by atoms with E-state index in [1.165, 1.54) is 4.31 Å². The Labute approximate surface area is 145 Å². The maximum atomic E-state index is 12.8. The van der Waals surface area contributed by atoms with E-state index in [9.17, 15) is 13.2 Å². The van der Waals surface area contributed by atoms with Gasteiger partial charge in [-0.15, -0.1) is 0 Å². The van der Waals surface area contributed by atoms with Gasteiger partial charge in [-0.1, -0.05) is 13.8 Å². The predicted octanol–water partition coefficient (Wildman–Crippen LogP) is 2.78. The molecule has 5 nitrogen and oxygen atoms in total. The lowest BCUT2D eigenvalue weighted by atomic mass is 10.2. The van der Waals surface area contributed by atoms with Crippen molar-refractivity contribution in [1.82, 2.24) is 4.31 Å². The van der Waals surface area contributed by atoms with E-state index in [2.05, 4.69) is 15.9 Å². The molecule has 1 fully saturated rings. The molecule has 126 valence electrons. The zero-order chi connectivity index (χ0) is 16.8. The fraction of sp³-hybridized carbons (Fsp3) is 0.562. The Kier molecular flexibility index (Phi) is 4.55. The molecule has 0 aromatic heterocycles. The van der Waals surface area contributed by atoms with Crippen LogP contribution in [-0.2, 0) is 21.2 Å². The standard InChI is InChI=1S/C16H21BrN2O3S/c1-3-18(4-2)23(21,22)15-10-14-12(9-13(15)17)7-8-19(14)16(20)11-5-6-11/h9-11H,3-8H2,1-2H3. The van der Waals surface area contributed by atoms with Crippen LogP contribution in [-0.4, -0.2) is 38.3 Å². The van der Waals surface area contributed by atoms with Gasteiger partial charge < -0.3 is 4.90 Å². The Morgan fingerprint density at radius 3 is 2.52 bits per heavy atom. The molecule has 7 heteroatoms. The number of carbonyl (C=O) groups is 1. The number of halogens is 1. The number of anilines is 1. The van der Waals surface area contributed by atoms with Crippen molar-refractivity contribution in [2.75, 3.05) is 24.5 Å². The van der Waals surface area contributed by atoms with Crippen molar-refractivity contribution < 1.29 is 13.2 Å². The molecule has 0 unspecified atom stereocenters. The van der Waals surface area contributed by atoms with Gasteiger partial charge >= 0.3 is 0 Å². The zero-order valence-corrected chi connectivity index (χ0v) is 15.8. The van der Waals surface area contributed by atoms with Crippen LogP contribution in [0.15, 0.2) is 21.5 Å². The SMILES string of the molecule is CCN(CC)S(=O)(=O)c1cc2c(cc1Br)CCN2C(=O)C1CC1. The van der Waals surface area contributed by atoms with Crippen LogP contribution in [0, 0.1) is 5.92 Å². The van der Waals surface area contributed by atoms with Crippen LogP contribution in [0.1, 0.15) is 32.3 Å². The maximum Gasteiger partial charge on any atom is 0.244 e. The summed E-state index contributed by atoms with van der Waals surface area (Å²) in [6, 6.07) is 3.52. The second-order valence-corrected chi connectivity index (χ2v) is 8.78. The van der Waals surface area contributed by atoms with Crippen molar-refractivity contribution in [3.8, 4) is 0 Å². The molecule has 1 aliphatic carbocycles. The average molecular weight is 401 g/mol. The average Bonchev–Trinajstić information content (AvgIpc) is 3.27. The molecule has 1 amide bonds. The number of rotatable bonds is 5. The van der Waals surface area contributed by atoms with Gasteiger partial charge in [0.25, 0.3) is 0 Å². The molecule has 3 rings (SSSR count). The molecule has 0 radical (unpaired) electrons. The van der Waals surface area contributed by atoms with E-state index in [1.807, 2.05) is 19.9 Å². The predicted molar refractivity (Wildman–Crippen MR) is 93.0 cm³/mol. The van der Waals surface area contributed by atoms with Gasteiger partial charge in [-0.05, 0) is 52.9 Å². The highest BCUT2D eigenvalue weighted by atomic mass is 79.9. The molecule has 0 atom stereocenters. The normalized spacial score (nSPS) is 17.7. The van der Waals surface area contributed by atoms with E-state index in [0.29, 0.717) is 24.1 Å². The van der Waals surface area contributed by atoms with Crippen molar-refractivity contribution in [3.63, 3.8) is 0 Å². The largest absolute Gasteiger partial charge is 0.312 e. The van der Waals surface area contributed by atoms with Crippen LogP contribution in [0.3, 0.4) is 0 Å². The summed E-state index contributed by atoms with van der Waals surface area (Å²) in [6.07, 6.45) is 2.68. The zero-order valence-electron chi connectivity index (χ0n) is 13.4. The number of amides is 1. The van der Waals surface area contributed by atoms with Gasteiger partial charge in [0, 0.05) is 35.7 Å². The van der Waals surface area contributed by atoms with E-state index in [4.69, 9.17) is 0 Å². The third-order valence-electron chi connectivity index (χ3n) is 4.54. The van der Waals surface area contributed by atoms with Crippen molar-refractivity contribution in [2.24, 2.45) is 5.92 Å². The van der Waals surface area contributed by atoms with Crippen LogP contribution in [0.4, 0.5) is 5.69 Å². The van der Waals surface area contributed by atoms with Crippen molar-refractivity contribution >= 4 is 37.5 Å². The van der Waals surface area contributed by atoms with E-state index in [1.54, 1.807) is 11.0 Å². The Hall–Kier alpha value is -0.920. The topological polar surface area (TPSA) is 57.7 Å². The molecule has 1 heterocycles. The van der Waals surface area contributed by atoms with E-state index in [0.717, 1.165) is 30.5 Å². The number of hydrogen-bond acceptors (Lipinski definition) is 3. The molecular formula is C16H21BrN2O3S. The molecule has 0 N–H and O–H groups in total. The highest BCUT2D eigenvalue weighted by molar-refractivity contribution is 9.10. The summed E-state index contributed by atoms with van der Waals surface area (Å²) in [4.78, 5) is 14.4. The monoisotopic (exact) mass is 400 g/mol. The summed E-state index contributed by atoms with van der Waals surface area (Å²) >= 11 is 3.40. The summed E-state index contributed by atoms with van der Waals surface area (Å²) in [7, 11) is -3.56. The third-order valence-corrected chi connectivity index (χ3v) is 7.55. The van der Waals surface area contributed by atoms with E-state index >= 15 is 0 Å². The molecule has 0 spiro atoms. The Balaban J connectivity index is 2.04. The van der Waals surface area contributed by atoms with Gasteiger partial charge in [-0.3, -0.25) is 4.79 Å². The summed E-state index contributed by atoms with van der Waals surface area (Å²) in [5, 5.41) is 0. The van der Waals surface area contributed by atoms with Gasteiger partial charge in [0.2, 0.25) is 15.9 Å². The lowest BCUT2D eigenvalue weighted by Gasteiger charge is -2.22. The minimum atomic E-state index is -3.56. The summed E-state index contributed by atoms with van der Waals surface area (Å²) in [5.74, 6) is 0.268. The molecular weight excluding hydrogens is 380 g/mol. The van der Waals surface area contributed by atoms with Crippen molar-refractivity contribution in [3.05, 3.63) is 22.2 Å². The Morgan fingerprint density at radius 1 is 1.30 bits per heavy atom. The second-order valence-electron chi connectivity index (χ2n) is 6.01. The summed E-state index contributed by atoms with van der Waals surface area (Å²) < 4.78 is 27.7. The highest BCUT2D eigenvalue weighted by Crippen LogP contribution is 2.40. The number of fused-ring (bicyclic) bond motifs is 1. The Bertz CT molecular complexity index is 740. The highest BCUT2D eigenvalue weighted by Gasteiger charge is 2.37. The third kappa shape index (κ3) is 2.94. The summed E-state index contributed by atoms with van der Waals surface area (Å²) in [6.45, 7) is 5.14. The van der Waals surface area contributed by atoms with E-state index < -0.39 is 10.0 Å². The molecule has 1 aliphatic heterocycles. The van der Waals surface area contributed by atoms with Crippen molar-refractivity contribution in [2.45, 2.75) is 38.0 Å². The first kappa shape index (κ1) is 16.9. The number of nitrogens with zero attached hydrogens (tertiary/aromatic N) is 2. The fourth-order valence-electron chi connectivity index (χ4n) is 3.07. The molecule has 1 aromatic carbocycles.